The second kappa shape index (κ2) is 8.17. The Balaban J connectivity index is 2.86. The predicted octanol–water partition coefficient (Wildman–Crippen LogP) is 4.70. The molecule has 1 rings (SSSR count). The zero-order valence-corrected chi connectivity index (χ0v) is 16.6. The number of carbonyl (C=O) groups excluding carboxylic acids is 1. The molecule has 0 heterocycles. The predicted molar refractivity (Wildman–Crippen MR) is 101 cm³/mol. The summed E-state index contributed by atoms with van der Waals surface area (Å²) in [6.45, 7) is 10.6. The second-order valence-corrected chi connectivity index (χ2v) is 12.4. The van der Waals surface area contributed by atoms with Crippen molar-refractivity contribution in [1.82, 2.24) is 0 Å². The van der Waals surface area contributed by atoms with E-state index < -0.39 is 19.4 Å². The lowest BCUT2D eigenvalue weighted by Crippen LogP contribution is -2.30. The third kappa shape index (κ3) is 5.87. The number of Topliss-reactive ketones (excluding diaryl/α,β-unsaturated/α-hetero) is 1. The molecule has 128 valence electrons. The van der Waals surface area contributed by atoms with Crippen LogP contribution in [0.4, 0.5) is 0 Å². The number of methoxy groups -OCH3 is 1. The van der Waals surface area contributed by atoms with E-state index in [4.69, 9.17) is 4.74 Å². The average Bonchev–Trinajstić information content (AvgIpc) is 2.51. The molecular formula is C20H27NO2Si. The van der Waals surface area contributed by atoms with E-state index in [1.165, 1.54) is 0 Å². The summed E-state index contributed by atoms with van der Waals surface area (Å²) in [5.41, 5.74) is 3.46. The molecule has 0 N–H and O–H groups in total. The van der Waals surface area contributed by atoms with Crippen LogP contribution in [0.5, 0.6) is 5.75 Å². The number of hydrogen-bond donors (Lipinski definition) is 0. The molecule has 0 aliphatic rings. The molecule has 3 nitrogen and oxygen atoms in total. The van der Waals surface area contributed by atoms with Gasteiger partial charge in [0.25, 0.3) is 0 Å². The molecule has 0 aliphatic carbocycles. The summed E-state index contributed by atoms with van der Waals surface area (Å²) >= 11 is 0. The number of ketones is 1. The highest BCUT2D eigenvalue weighted by Gasteiger charge is 2.35. The molecule has 0 saturated carbocycles. The van der Waals surface area contributed by atoms with E-state index in [0.717, 1.165) is 6.42 Å². The molecule has 4 heteroatoms. The Morgan fingerprint density at radius 3 is 2.29 bits per heavy atom. The number of hydrogen-bond acceptors (Lipinski definition) is 3. The highest BCUT2D eigenvalue weighted by molar-refractivity contribution is 6.83. The minimum absolute atomic E-state index is 0.136. The molecule has 1 atom stereocenters. The van der Waals surface area contributed by atoms with E-state index in [1.807, 2.05) is 13.8 Å². The van der Waals surface area contributed by atoms with Gasteiger partial charge in [-0.2, -0.15) is 5.26 Å². The highest BCUT2D eigenvalue weighted by Crippen LogP contribution is 2.34. The van der Waals surface area contributed by atoms with Crippen molar-refractivity contribution < 1.29 is 9.53 Å². The van der Waals surface area contributed by atoms with Crippen LogP contribution >= 0.6 is 0 Å². The molecule has 0 saturated heterocycles. The standard InChI is InChI=1S/C20H27NO2Si/c1-20(2,13-7-8-14-24(4,5)6)18(15-21)19(22)16-9-11-17(23-3)12-10-16/h9-12,18H,7,13H2,1-6H3. The molecule has 1 unspecified atom stereocenters. The number of carbonyl (C=O) groups is 1. The number of nitriles is 1. The van der Waals surface area contributed by atoms with Crippen LogP contribution in [0.25, 0.3) is 0 Å². The quantitative estimate of drug-likeness (QED) is 0.428. The topological polar surface area (TPSA) is 50.1 Å². The van der Waals surface area contributed by atoms with Crippen molar-refractivity contribution in [2.45, 2.75) is 46.3 Å². The van der Waals surface area contributed by atoms with Crippen LogP contribution in [0.15, 0.2) is 24.3 Å². The van der Waals surface area contributed by atoms with Gasteiger partial charge in [-0.25, -0.2) is 0 Å². The van der Waals surface area contributed by atoms with Crippen LogP contribution in [0.2, 0.25) is 19.6 Å². The van der Waals surface area contributed by atoms with Gasteiger partial charge in [0, 0.05) is 12.0 Å². The van der Waals surface area contributed by atoms with E-state index in [1.54, 1.807) is 31.4 Å². The Bertz CT molecular complexity index is 667. The van der Waals surface area contributed by atoms with Crippen LogP contribution in [-0.2, 0) is 0 Å². The summed E-state index contributed by atoms with van der Waals surface area (Å²) in [5.74, 6) is 3.11. The maximum absolute atomic E-state index is 12.7. The van der Waals surface area contributed by atoms with E-state index in [-0.39, 0.29) is 5.78 Å². The van der Waals surface area contributed by atoms with E-state index in [0.29, 0.717) is 17.7 Å². The largest absolute Gasteiger partial charge is 0.497 e. The van der Waals surface area contributed by atoms with Gasteiger partial charge >= 0.3 is 0 Å². The van der Waals surface area contributed by atoms with Crippen molar-refractivity contribution >= 4 is 13.9 Å². The Hall–Kier alpha value is -2.04. The first kappa shape index (κ1) is 20.0. The van der Waals surface area contributed by atoms with Crippen LogP contribution < -0.4 is 4.74 Å². The minimum atomic E-state index is -1.38. The van der Waals surface area contributed by atoms with Gasteiger partial charge in [0.2, 0.25) is 0 Å². The minimum Gasteiger partial charge on any atom is -0.497 e. The van der Waals surface area contributed by atoms with Gasteiger partial charge in [-0.3, -0.25) is 4.79 Å². The Kier molecular flexibility index (Phi) is 6.81. The van der Waals surface area contributed by atoms with Crippen molar-refractivity contribution in [3.63, 3.8) is 0 Å². The summed E-state index contributed by atoms with van der Waals surface area (Å²) in [5, 5.41) is 9.56. The summed E-state index contributed by atoms with van der Waals surface area (Å²) in [4.78, 5) is 12.7. The first-order valence-electron chi connectivity index (χ1n) is 8.18. The van der Waals surface area contributed by atoms with Crippen LogP contribution in [0.1, 0.15) is 37.0 Å². The summed E-state index contributed by atoms with van der Waals surface area (Å²) < 4.78 is 5.11. The monoisotopic (exact) mass is 341 g/mol. The maximum Gasteiger partial charge on any atom is 0.180 e. The maximum atomic E-state index is 12.7. The van der Waals surface area contributed by atoms with Crippen LogP contribution in [0, 0.1) is 34.1 Å². The smallest absolute Gasteiger partial charge is 0.180 e. The Labute approximate surface area is 147 Å². The fourth-order valence-electron chi connectivity index (χ4n) is 2.37. The van der Waals surface area contributed by atoms with Gasteiger partial charge in [0.15, 0.2) is 5.78 Å². The van der Waals surface area contributed by atoms with E-state index in [2.05, 4.69) is 37.2 Å². The lowest BCUT2D eigenvalue weighted by molar-refractivity contribution is 0.0854. The second-order valence-electron chi connectivity index (χ2n) is 7.70. The van der Waals surface area contributed by atoms with Gasteiger partial charge in [-0.1, -0.05) is 33.5 Å². The first-order chi connectivity index (χ1) is 11.1. The van der Waals surface area contributed by atoms with Gasteiger partial charge < -0.3 is 4.74 Å². The third-order valence-electron chi connectivity index (χ3n) is 3.91. The number of nitrogens with zero attached hydrogens (tertiary/aromatic N) is 1. The molecule has 0 spiro atoms. The molecule has 1 aromatic rings. The lowest BCUT2D eigenvalue weighted by Gasteiger charge is -2.28. The number of rotatable bonds is 6. The van der Waals surface area contributed by atoms with Crippen LogP contribution in [0.3, 0.4) is 0 Å². The van der Waals surface area contributed by atoms with Crippen molar-refractivity contribution in [2.75, 3.05) is 7.11 Å². The molecule has 1 aromatic carbocycles. The third-order valence-corrected chi connectivity index (χ3v) is 4.83. The number of ether oxygens (including phenoxy) is 1. The van der Waals surface area contributed by atoms with Crippen molar-refractivity contribution in [1.29, 1.82) is 5.26 Å². The highest BCUT2D eigenvalue weighted by atomic mass is 28.3. The van der Waals surface area contributed by atoms with Gasteiger partial charge in [-0.05, 0) is 36.1 Å². The summed E-state index contributed by atoms with van der Waals surface area (Å²) in [7, 11) is 0.205. The molecule has 0 bridgehead atoms. The van der Waals surface area contributed by atoms with Gasteiger partial charge in [0.05, 0.1) is 13.2 Å². The van der Waals surface area contributed by atoms with Crippen molar-refractivity contribution in [3.05, 3.63) is 29.8 Å². The van der Waals surface area contributed by atoms with Crippen molar-refractivity contribution in [3.8, 4) is 23.3 Å². The van der Waals surface area contributed by atoms with Crippen molar-refractivity contribution in [2.24, 2.45) is 11.3 Å². The zero-order chi connectivity index (χ0) is 18.4. The summed E-state index contributed by atoms with van der Waals surface area (Å²) in [6, 6.07) is 9.12. The van der Waals surface area contributed by atoms with Crippen LogP contribution in [-0.4, -0.2) is 21.0 Å². The first-order valence-corrected chi connectivity index (χ1v) is 11.7. The fourth-order valence-corrected chi connectivity index (χ4v) is 3.02. The molecule has 0 amide bonds. The molecule has 0 aromatic heterocycles. The number of benzene rings is 1. The molecule has 0 radical (unpaired) electrons. The normalized spacial score (nSPS) is 12.5. The molecule has 0 aliphatic heterocycles. The van der Waals surface area contributed by atoms with Gasteiger partial charge in [-0.15, -0.1) is 11.5 Å². The van der Waals surface area contributed by atoms with E-state index in [9.17, 15) is 10.1 Å². The lowest BCUT2D eigenvalue weighted by atomic mass is 9.73. The Morgan fingerprint density at radius 2 is 1.83 bits per heavy atom. The fraction of sp³-hybridized carbons (Fsp3) is 0.500. The summed E-state index contributed by atoms with van der Waals surface area (Å²) in [6.07, 6.45) is 1.44. The molecule has 0 fully saturated rings. The molecule has 24 heavy (non-hydrogen) atoms. The van der Waals surface area contributed by atoms with E-state index >= 15 is 0 Å². The molecular weight excluding hydrogens is 314 g/mol. The van der Waals surface area contributed by atoms with Gasteiger partial charge in [0.1, 0.15) is 19.7 Å². The SMILES string of the molecule is COc1ccc(C(=O)C(C#N)C(C)(C)CCC#C[Si](C)(C)C)cc1. The zero-order valence-electron chi connectivity index (χ0n) is 15.6. The Morgan fingerprint density at radius 1 is 1.25 bits per heavy atom. The average molecular weight is 342 g/mol.